The van der Waals surface area contributed by atoms with E-state index in [1.165, 1.54) is 6.33 Å². The van der Waals surface area contributed by atoms with Crippen LogP contribution in [0.4, 0.5) is 0 Å². The zero-order chi connectivity index (χ0) is 13.1. The lowest BCUT2D eigenvalue weighted by atomic mass is 10.2. The standard InChI is InChI=1S/C13H15N5O/c1-9-17-12(10-5-15-8-16-6-10)4-13(18-9)19-11-2-3-14-7-11/h4-6,8,11,14H,2-3,7H2,1H3. The zero-order valence-electron chi connectivity index (χ0n) is 10.7. The van der Waals surface area contributed by atoms with Crippen LogP contribution in [0.2, 0.25) is 0 Å². The molecule has 1 saturated heterocycles. The first-order valence-electron chi connectivity index (χ1n) is 6.30. The molecule has 19 heavy (non-hydrogen) atoms. The highest BCUT2D eigenvalue weighted by molar-refractivity contribution is 5.57. The smallest absolute Gasteiger partial charge is 0.217 e. The number of aryl methyl sites for hydroxylation is 1. The van der Waals surface area contributed by atoms with Crippen LogP contribution in [0.15, 0.2) is 24.8 Å². The summed E-state index contributed by atoms with van der Waals surface area (Å²) in [4.78, 5) is 16.7. The second kappa shape index (κ2) is 5.27. The Morgan fingerprint density at radius 1 is 1.26 bits per heavy atom. The van der Waals surface area contributed by atoms with E-state index in [4.69, 9.17) is 4.74 Å². The number of hydrogen-bond donors (Lipinski definition) is 1. The Morgan fingerprint density at radius 2 is 2.11 bits per heavy atom. The van der Waals surface area contributed by atoms with Crippen LogP contribution in [-0.2, 0) is 0 Å². The first-order chi connectivity index (χ1) is 9.31. The van der Waals surface area contributed by atoms with E-state index in [-0.39, 0.29) is 6.10 Å². The lowest BCUT2D eigenvalue weighted by Crippen LogP contribution is -2.20. The van der Waals surface area contributed by atoms with Gasteiger partial charge in [-0.15, -0.1) is 0 Å². The van der Waals surface area contributed by atoms with Crippen molar-refractivity contribution < 1.29 is 4.74 Å². The summed E-state index contributed by atoms with van der Waals surface area (Å²) < 4.78 is 5.86. The molecule has 1 aliphatic rings. The van der Waals surface area contributed by atoms with Gasteiger partial charge in [-0.3, -0.25) is 0 Å². The molecule has 6 heteroatoms. The van der Waals surface area contributed by atoms with Crippen molar-refractivity contribution in [1.82, 2.24) is 25.3 Å². The molecule has 3 heterocycles. The highest BCUT2D eigenvalue weighted by Crippen LogP contribution is 2.20. The third-order valence-electron chi connectivity index (χ3n) is 2.97. The lowest BCUT2D eigenvalue weighted by molar-refractivity contribution is 0.213. The Kier molecular flexibility index (Phi) is 3.33. The molecule has 0 amide bonds. The zero-order valence-corrected chi connectivity index (χ0v) is 10.7. The quantitative estimate of drug-likeness (QED) is 0.883. The van der Waals surface area contributed by atoms with Crippen molar-refractivity contribution in [3.63, 3.8) is 0 Å². The molecule has 0 aromatic carbocycles. The Hall–Kier alpha value is -2.08. The summed E-state index contributed by atoms with van der Waals surface area (Å²) in [7, 11) is 0. The fourth-order valence-electron chi connectivity index (χ4n) is 2.08. The van der Waals surface area contributed by atoms with Gasteiger partial charge in [0, 0.05) is 30.6 Å². The van der Waals surface area contributed by atoms with Gasteiger partial charge >= 0.3 is 0 Å². The molecule has 1 atom stereocenters. The van der Waals surface area contributed by atoms with Gasteiger partial charge in [0.05, 0.1) is 5.69 Å². The molecule has 0 aliphatic carbocycles. The summed E-state index contributed by atoms with van der Waals surface area (Å²) in [6.45, 7) is 3.72. The van der Waals surface area contributed by atoms with Gasteiger partial charge in [-0.25, -0.2) is 15.0 Å². The number of nitrogens with one attached hydrogen (secondary N) is 1. The lowest BCUT2D eigenvalue weighted by Gasteiger charge is -2.12. The first kappa shape index (κ1) is 12.0. The van der Waals surface area contributed by atoms with E-state index in [0.29, 0.717) is 11.7 Å². The molecule has 0 saturated carbocycles. The molecule has 1 N–H and O–H groups in total. The second-order valence-corrected chi connectivity index (χ2v) is 4.50. The van der Waals surface area contributed by atoms with Crippen LogP contribution < -0.4 is 10.1 Å². The van der Waals surface area contributed by atoms with Crippen molar-refractivity contribution in [2.24, 2.45) is 0 Å². The third-order valence-corrected chi connectivity index (χ3v) is 2.97. The molecule has 1 fully saturated rings. The van der Waals surface area contributed by atoms with Crippen molar-refractivity contribution in [1.29, 1.82) is 0 Å². The summed E-state index contributed by atoms with van der Waals surface area (Å²) in [6.07, 6.45) is 6.16. The fourth-order valence-corrected chi connectivity index (χ4v) is 2.08. The minimum atomic E-state index is 0.189. The van der Waals surface area contributed by atoms with Crippen molar-refractivity contribution in [3.05, 3.63) is 30.6 Å². The number of nitrogens with zero attached hydrogens (tertiary/aromatic N) is 4. The average Bonchev–Trinajstić information content (AvgIpc) is 2.92. The molecule has 6 nitrogen and oxygen atoms in total. The van der Waals surface area contributed by atoms with Crippen LogP contribution in [-0.4, -0.2) is 39.1 Å². The summed E-state index contributed by atoms with van der Waals surface area (Å²) in [6, 6.07) is 1.84. The summed E-state index contributed by atoms with van der Waals surface area (Å²) in [5.41, 5.74) is 1.65. The van der Waals surface area contributed by atoms with Gasteiger partial charge in [-0.05, 0) is 19.9 Å². The van der Waals surface area contributed by atoms with E-state index in [1.54, 1.807) is 12.4 Å². The van der Waals surface area contributed by atoms with Gasteiger partial charge in [0.15, 0.2) is 0 Å². The predicted octanol–water partition coefficient (Wildman–Crippen LogP) is 0.983. The Bertz CT molecular complexity index is 554. The predicted molar refractivity (Wildman–Crippen MR) is 69.7 cm³/mol. The minimum absolute atomic E-state index is 0.189. The van der Waals surface area contributed by atoms with Crippen molar-refractivity contribution in [2.45, 2.75) is 19.4 Å². The number of aromatic nitrogens is 4. The molecular weight excluding hydrogens is 242 g/mol. The summed E-state index contributed by atoms with van der Waals surface area (Å²) >= 11 is 0. The van der Waals surface area contributed by atoms with Crippen molar-refractivity contribution in [3.8, 4) is 17.1 Å². The maximum absolute atomic E-state index is 5.86. The molecular formula is C13H15N5O. The molecule has 2 aromatic heterocycles. The Morgan fingerprint density at radius 3 is 2.84 bits per heavy atom. The highest BCUT2D eigenvalue weighted by Gasteiger charge is 2.17. The number of rotatable bonds is 3. The SMILES string of the molecule is Cc1nc(OC2CCNC2)cc(-c2cncnc2)n1. The summed E-state index contributed by atoms with van der Waals surface area (Å²) in [5, 5.41) is 3.27. The largest absolute Gasteiger partial charge is 0.473 e. The number of ether oxygens (including phenoxy) is 1. The van der Waals surface area contributed by atoms with Crippen molar-refractivity contribution in [2.75, 3.05) is 13.1 Å². The molecule has 3 rings (SSSR count). The van der Waals surface area contributed by atoms with Crippen LogP contribution in [0.25, 0.3) is 11.3 Å². The molecule has 1 unspecified atom stereocenters. The van der Waals surface area contributed by atoms with E-state index in [0.717, 1.165) is 30.8 Å². The Labute approximate surface area is 111 Å². The van der Waals surface area contributed by atoms with E-state index in [9.17, 15) is 0 Å². The van der Waals surface area contributed by atoms with Crippen LogP contribution in [0.5, 0.6) is 5.88 Å². The minimum Gasteiger partial charge on any atom is -0.473 e. The molecule has 98 valence electrons. The van der Waals surface area contributed by atoms with Crippen LogP contribution >= 0.6 is 0 Å². The Balaban J connectivity index is 1.87. The fraction of sp³-hybridized carbons (Fsp3) is 0.385. The second-order valence-electron chi connectivity index (χ2n) is 4.50. The maximum Gasteiger partial charge on any atom is 0.217 e. The highest BCUT2D eigenvalue weighted by atomic mass is 16.5. The average molecular weight is 257 g/mol. The molecule has 0 spiro atoms. The van der Waals surface area contributed by atoms with E-state index >= 15 is 0 Å². The van der Waals surface area contributed by atoms with Crippen molar-refractivity contribution >= 4 is 0 Å². The van der Waals surface area contributed by atoms with Crippen LogP contribution in [0.3, 0.4) is 0 Å². The van der Waals surface area contributed by atoms with E-state index in [1.807, 2.05) is 13.0 Å². The molecule has 2 aromatic rings. The van der Waals surface area contributed by atoms with Gasteiger partial charge in [0.25, 0.3) is 0 Å². The molecule has 0 bridgehead atoms. The summed E-state index contributed by atoms with van der Waals surface area (Å²) in [5.74, 6) is 1.29. The van der Waals surface area contributed by atoms with Gasteiger partial charge in [0.1, 0.15) is 18.3 Å². The molecule has 0 radical (unpaired) electrons. The maximum atomic E-state index is 5.86. The first-order valence-corrected chi connectivity index (χ1v) is 6.30. The monoisotopic (exact) mass is 257 g/mol. The topological polar surface area (TPSA) is 72.8 Å². The van der Waals surface area contributed by atoms with Gasteiger partial charge in [-0.2, -0.15) is 4.98 Å². The normalized spacial score (nSPS) is 18.5. The number of hydrogen-bond acceptors (Lipinski definition) is 6. The van der Waals surface area contributed by atoms with Gasteiger partial charge in [0.2, 0.25) is 5.88 Å². The van der Waals surface area contributed by atoms with E-state index in [2.05, 4.69) is 25.3 Å². The molecule has 1 aliphatic heterocycles. The van der Waals surface area contributed by atoms with Gasteiger partial charge < -0.3 is 10.1 Å². The third kappa shape index (κ3) is 2.85. The van der Waals surface area contributed by atoms with E-state index < -0.39 is 0 Å². The van der Waals surface area contributed by atoms with Gasteiger partial charge in [-0.1, -0.05) is 0 Å². The van der Waals surface area contributed by atoms with Crippen LogP contribution in [0.1, 0.15) is 12.2 Å². The van der Waals surface area contributed by atoms with Crippen LogP contribution in [0, 0.1) is 6.92 Å².